The third-order valence-electron chi connectivity index (χ3n) is 11.1. The SMILES string of the molecule is CO/N=C(\C(=O)N[C@@H]1C(=O)N2C(C(=O)OC(c3ccccc3)c3ccccc3)=C(SCC3=CCOC3=O)CS[C@H]12)c1csc(NC(c2ccccc2)(c2ccccc2)c2ccccc2)n1. The Bertz CT molecular complexity index is 2650. The van der Waals surface area contributed by atoms with Crippen LogP contribution in [0.1, 0.15) is 39.6 Å². The maximum Gasteiger partial charge on any atom is 0.356 e. The zero-order chi connectivity index (χ0) is 44.8. The van der Waals surface area contributed by atoms with E-state index in [1.54, 1.807) is 11.5 Å². The highest BCUT2D eigenvalue weighted by Crippen LogP contribution is 2.45. The number of carbonyl (C=O) groups excluding carboxylic acids is 4. The number of esters is 2. The molecular formula is C50H41N5O7S3. The molecule has 326 valence electrons. The molecule has 2 N–H and O–H groups in total. The van der Waals surface area contributed by atoms with E-state index in [0.717, 1.165) is 27.8 Å². The molecule has 3 aliphatic heterocycles. The number of amides is 2. The van der Waals surface area contributed by atoms with Crippen molar-refractivity contribution in [3.05, 3.63) is 213 Å². The van der Waals surface area contributed by atoms with E-state index in [0.29, 0.717) is 21.4 Å². The Morgan fingerprint density at radius 2 is 1.40 bits per heavy atom. The molecule has 0 spiro atoms. The predicted molar refractivity (Wildman–Crippen MR) is 253 cm³/mol. The molecule has 0 unspecified atom stereocenters. The van der Waals surface area contributed by atoms with Crippen molar-refractivity contribution in [3.8, 4) is 0 Å². The summed E-state index contributed by atoms with van der Waals surface area (Å²) in [6.45, 7) is 0.185. The summed E-state index contributed by atoms with van der Waals surface area (Å²) in [5, 5.41) is 12.2. The molecular weight excluding hydrogens is 879 g/mol. The van der Waals surface area contributed by atoms with Crippen LogP contribution in [0.4, 0.5) is 5.13 Å². The zero-order valence-electron chi connectivity index (χ0n) is 34.9. The number of anilines is 1. The molecule has 1 fully saturated rings. The maximum absolute atomic E-state index is 14.5. The van der Waals surface area contributed by atoms with Crippen LogP contribution in [-0.4, -0.2) is 76.0 Å². The number of thioether (sulfide) groups is 2. The van der Waals surface area contributed by atoms with E-state index < -0.39 is 46.8 Å². The third-order valence-corrected chi connectivity index (χ3v) is 14.5. The summed E-state index contributed by atoms with van der Waals surface area (Å²) in [5.41, 5.74) is 4.19. The number of aromatic nitrogens is 1. The van der Waals surface area contributed by atoms with Gasteiger partial charge in [0, 0.05) is 27.4 Å². The van der Waals surface area contributed by atoms with Crippen LogP contribution < -0.4 is 10.6 Å². The first-order chi connectivity index (χ1) is 31.9. The van der Waals surface area contributed by atoms with Crippen molar-refractivity contribution in [1.82, 2.24) is 15.2 Å². The van der Waals surface area contributed by atoms with E-state index in [1.807, 2.05) is 115 Å². The number of ether oxygens (including phenoxy) is 2. The number of cyclic esters (lactones) is 1. The van der Waals surface area contributed by atoms with Crippen molar-refractivity contribution in [2.75, 3.05) is 30.5 Å². The van der Waals surface area contributed by atoms with Gasteiger partial charge in [-0.25, -0.2) is 14.6 Å². The molecule has 12 nitrogen and oxygen atoms in total. The van der Waals surface area contributed by atoms with Crippen LogP contribution in [0.5, 0.6) is 0 Å². The Hall–Kier alpha value is -6.94. The first-order valence-corrected chi connectivity index (χ1v) is 23.6. The van der Waals surface area contributed by atoms with Crippen LogP contribution in [0.3, 0.4) is 0 Å². The number of hydrogen-bond acceptors (Lipinski definition) is 13. The van der Waals surface area contributed by atoms with Crippen LogP contribution in [0.2, 0.25) is 0 Å². The Kier molecular flexibility index (Phi) is 13.0. The smallest absolute Gasteiger partial charge is 0.356 e. The number of fused-ring (bicyclic) bond motifs is 1. The summed E-state index contributed by atoms with van der Waals surface area (Å²) >= 11 is 3.97. The van der Waals surface area contributed by atoms with Gasteiger partial charge in [-0.05, 0) is 33.9 Å². The molecule has 65 heavy (non-hydrogen) atoms. The monoisotopic (exact) mass is 919 g/mol. The second-order valence-corrected chi connectivity index (χ2v) is 18.0. The summed E-state index contributed by atoms with van der Waals surface area (Å²) in [4.78, 5) is 67.3. The van der Waals surface area contributed by atoms with Gasteiger partial charge in [-0.15, -0.1) is 34.9 Å². The minimum Gasteiger partial charge on any atom is -0.458 e. The summed E-state index contributed by atoms with van der Waals surface area (Å²) in [5.74, 6) is -1.77. The summed E-state index contributed by atoms with van der Waals surface area (Å²) in [7, 11) is 1.33. The number of hydrogen-bond donors (Lipinski definition) is 2. The van der Waals surface area contributed by atoms with Gasteiger partial charge in [0.2, 0.25) is 0 Å². The molecule has 5 aromatic carbocycles. The number of carbonyl (C=O) groups is 4. The Balaban J connectivity index is 0.980. The Labute approximate surface area is 387 Å². The molecule has 0 bridgehead atoms. The minimum atomic E-state index is -1.02. The fourth-order valence-electron chi connectivity index (χ4n) is 8.00. The van der Waals surface area contributed by atoms with E-state index in [1.165, 1.54) is 46.9 Å². The summed E-state index contributed by atoms with van der Waals surface area (Å²) < 4.78 is 11.4. The van der Waals surface area contributed by atoms with Crippen molar-refractivity contribution in [2.45, 2.75) is 23.1 Å². The number of nitrogens with zero attached hydrogens (tertiary/aromatic N) is 3. The average molecular weight is 920 g/mol. The molecule has 0 saturated carbocycles. The lowest BCUT2D eigenvalue weighted by molar-refractivity contribution is -0.154. The molecule has 1 aromatic heterocycles. The molecule has 4 heterocycles. The lowest BCUT2D eigenvalue weighted by atomic mass is 9.77. The van der Waals surface area contributed by atoms with E-state index in [4.69, 9.17) is 19.3 Å². The predicted octanol–water partition coefficient (Wildman–Crippen LogP) is 8.06. The lowest BCUT2D eigenvalue weighted by Crippen LogP contribution is -2.71. The van der Waals surface area contributed by atoms with Gasteiger partial charge in [0.25, 0.3) is 11.8 Å². The third kappa shape index (κ3) is 8.82. The summed E-state index contributed by atoms with van der Waals surface area (Å²) in [6, 6.07) is 47.9. The molecule has 9 rings (SSSR count). The number of oxime groups is 1. The van der Waals surface area contributed by atoms with Gasteiger partial charge >= 0.3 is 11.9 Å². The highest BCUT2D eigenvalue weighted by atomic mass is 32.2. The van der Waals surface area contributed by atoms with E-state index in [-0.39, 0.29) is 29.5 Å². The number of thiazole rings is 1. The van der Waals surface area contributed by atoms with Gasteiger partial charge < -0.3 is 24.9 Å². The van der Waals surface area contributed by atoms with Gasteiger partial charge in [0.1, 0.15) is 42.1 Å². The van der Waals surface area contributed by atoms with E-state index >= 15 is 0 Å². The number of benzene rings is 5. The Morgan fingerprint density at radius 1 is 0.846 bits per heavy atom. The van der Waals surface area contributed by atoms with Gasteiger partial charge in [0.15, 0.2) is 16.9 Å². The molecule has 0 radical (unpaired) electrons. The van der Waals surface area contributed by atoms with Crippen molar-refractivity contribution in [1.29, 1.82) is 0 Å². The number of nitrogens with one attached hydrogen (secondary N) is 2. The Morgan fingerprint density at radius 3 is 1.92 bits per heavy atom. The molecule has 2 atom stereocenters. The van der Waals surface area contributed by atoms with Crippen molar-refractivity contribution in [2.24, 2.45) is 5.16 Å². The second-order valence-electron chi connectivity index (χ2n) is 15.0. The van der Waals surface area contributed by atoms with Crippen LogP contribution in [0, 0.1) is 0 Å². The van der Waals surface area contributed by atoms with Crippen molar-refractivity contribution < 1.29 is 33.5 Å². The minimum absolute atomic E-state index is 0.0674. The van der Waals surface area contributed by atoms with Crippen LogP contribution in [0.25, 0.3) is 0 Å². The van der Waals surface area contributed by atoms with Crippen molar-refractivity contribution >= 4 is 69.5 Å². The lowest BCUT2D eigenvalue weighted by Gasteiger charge is -2.49. The normalized spacial score (nSPS) is 17.2. The standard InChI is InChI=1S/C50H41N5O7S3/c1-60-54-40(38-30-65-49(51-38)53-50(35-21-11-4-12-22-35,36-23-13-5-14-24-36)37-25-15-6-16-26-37)44(56)52-41-45(57)55-42(39(31-64-46(41)55)63-29-34-27-28-61-47(34)58)48(59)62-43(32-17-7-2-8-18-32)33-19-9-3-10-20-33/h2-27,30,41,43,46H,28-29,31H2,1H3,(H,51,53)(H,52,56)/b54-40-/t41-,46-/m1/s1. The summed E-state index contributed by atoms with van der Waals surface area (Å²) in [6.07, 6.45) is 0.931. The fraction of sp³-hybridized carbons (Fsp3) is 0.160. The van der Waals surface area contributed by atoms with Gasteiger partial charge in [-0.2, -0.15) is 0 Å². The topological polar surface area (TPSA) is 149 Å². The van der Waals surface area contributed by atoms with E-state index in [2.05, 4.69) is 52.2 Å². The fourth-order valence-corrected chi connectivity index (χ4v) is 11.4. The second kappa shape index (κ2) is 19.4. The first kappa shape index (κ1) is 43.3. The molecule has 0 aliphatic carbocycles. The van der Waals surface area contributed by atoms with Gasteiger partial charge in [-0.1, -0.05) is 157 Å². The quantitative estimate of drug-likeness (QED) is 0.0320. The highest BCUT2D eigenvalue weighted by molar-refractivity contribution is 8.06. The molecule has 3 aliphatic rings. The van der Waals surface area contributed by atoms with Crippen LogP contribution in [0.15, 0.2) is 184 Å². The average Bonchev–Trinajstić information content (AvgIpc) is 4.01. The van der Waals surface area contributed by atoms with Gasteiger partial charge in [0.05, 0.1) is 0 Å². The zero-order valence-corrected chi connectivity index (χ0v) is 37.3. The molecule has 6 aromatic rings. The van der Waals surface area contributed by atoms with Crippen LogP contribution >= 0.6 is 34.9 Å². The first-order valence-electron chi connectivity index (χ1n) is 20.7. The molecule has 1 saturated heterocycles. The largest absolute Gasteiger partial charge is 0.458 e. The number of rotatable bonds is 16. The van der Waals surface area contributed by atoms with E-state index in [9.17, 15) is 19.2 Å². The highest BCUT2D eigenvalue weighted by Gasteiger charge is 2.55. The molecule has 2 amide bonds. The van der Waals surface area contributed by atoms with Gasteiger partial charge in [-0.3, -0.25) is 14.5 Å². The molecule has 15 heteroatoms. The number of β-lactam (4-membered cyclic amide) rings is 1. The van der Waals surface area contributed by atoms with Crippen LogP contribution in [-0.2, 0) is 39.0 Å². The maximum atomic E-state index is 14.5. The van der Waals surface area contributed by atoms with Crippen molar-refractivity contribution in [3.63, 3.8) is 0 Å².